The molecule has 100 valence electrons. The molecule has 0 aliphatic rings. The first kappa shape index (κ1) is 13.7. The van der Waals surface area contributed by atoms with Gasteiger partial charge in [0.2, 0.25) is 0 Å². The topological polar surface area (TPSA) is 15.8 Å². The highest BCUT2D eigenvalue weighted by Crippen LogP contribution is 2.28. The van der Waals surface area contributed by atoms with Crippen molar-refractivity contribution < 1.29 is 0 Å². The molecule has 2 aromatic rings. The van der Waals surface area contributed by atoms with Crippen LogP contribution < -0.4 is 0 Å². The lowest BCUT2D eigenvalue weighted by Crippen LogP contribution is -1.84. The molecule has 1 heterocycles. The third kappa shape index (κ3) is 2.81. The molecule has 0 saturated heterocycles. The van der Waals surface area contributed by atoms with Crippen LogP contribution in [0.5, 0.6) is 0 Å². The molecule has 1 nitrogen and oxygen atoms in total. The zero-order chi connectivity index (χ0) is 13.8. The van der Waals surface area contributed by atoms with Crippen molar-refractivity contribution in [3.8, 4) is 0 Å². The molecule has 0 amide bonds. The Morgan fingerprint density at radius 3 is 2.79 bits per heavy atom. The van der Waals surface area contributed by atoms with Gasteiger partial charge >= 0.3 is 0 Å². The number of aromatic amines is 1. The molecule has 0 atom stereocenters. The van der Waals surface area contributed by atoms with Crippen molar-refractivity contribution in [3.05, 3.63) is 47.7 Å². The molecule has 0 fully saturated rings. The molecule has 0 unspecified atom stereocenters. The fraction of sp³-hybridized carbons (Fsp3) is 0.333. The van der Waals surface area contributed by atoms with Crippen molar-refractivity contribution in [2.24, 2.45) is 0 Å². The summed E-state index contributed by atoms with van der Waals surface area (Å²) in [5.74, 6) is 0. The number of hydrogen-bond donors (Lipinski definition) is 1. The van der Waals surface area contributed by atoms with E-state index in [1.54, 1.807) is 0 Å². The van der Waals surface area contributed by atoms with Gasteiger partial charge in [-0.1, -0.05) is 44.2 Å². The van der Waals surface area contributed by atoms with E-state index < -0.39 is 0 Å². The van der Waals surface area contributed by atoms with Gasteiger partial charge in [0.05, 0.1) is 0 Å². The number of hydrogen-bond acceptors (Lipinski definition) is 0. The number of benzene rings is 1. The maximum absolute atomic E-state index is 4.07. The van der Waals surface area contributed by atoms with Crippen LogP contribution in [0, 0.1) is 0 Å². The molecular weight excluding hydrogens is 230 g/mol. The molecule has 0 spiro atoms. The molecule has 1 aromatic heterocycles. The Morgan fingerprint density at radius 2 is 2.16 bits per heavy atom. The van der Waals surface area contributed by atoms with Crippen LogP contribution >= 0.6 is 0 Å². The van der Waals surface area contributed by atoms with Crippen LogP contribution in [-0.2, 0) is 6.42 Å². The largest absolute Gasteiger partial charge is 0.354 e. The van der Waals surface area contributed by atoms with E-state index in [2.05, 4.69) is 62.7 Å². The summed E-state index contributed by atoms with van der Waals surface area (Å²) in [5.41, 5.74) is 6.13. The Hall–Kier alpha value is -1.76. The van der Waals surface area contributed by atoms with Crippen molar-refractivity contribution >= 4 is 22.6 Å². The van der Waals surface area contributed by atoms with Crippen LogP contribution in [0.1, 0.15) is 50.4 Å². The molecular formula is C18H23N. The van der Waals surface area contributed by atoms with Crippen molar-refractivity contribution in [2.45, 2.75) is 40.0 Å². The summed E-state index contributed by atoms with van der Waals surface area (Å²) in [4.78, 5) is 3.51. The second-order valence-corrected chi connectivity index (χ2v) is 5.18. The fourth-order valence-electron chi connectivity index (χ4n) is 2.48. The highest BCUT2D eigenvalue weighted by atomic mass is 14.7. The first-order valence-corrected chi connectivity index (χ1v) is 7.10. The Labute approximate surface area is 116 Å². The van der Waals surface area contributed by atoms with Crippen LogP contribution in [0.2, 0.25) is 0 Å². The predicted octanol–water partition coefficient (Wildman–Crippen LogP) is 5.58. The van der Waals surface area contributed by atoms with Gasteiger partial charge in [-0.05, 0) is 43.9 Å². The number of nitrogens with one attached hydrogen (secondary N) is 1. The average Bonchev–Trinajstić information content (AvgIpc) is 2.75. The zero-order valence-electron chi connectivity index (χ0n) is 12.2. The van der Waals surface area contributed by atoms with Crippen LogP contribution in [0.4, 0.5) is 0 Å². The Bertz CT molecular complexity index is 614. The molecule has 0 aliphatic heterocycles. The van der Waals surface area contributed by atoms with Crippen LogP contribution in [0.25, 0.3) is 22.6 Å². The van der Waals surface area contributed by atoms with Crippen molar-refractivity contribution in [1.29, 1.82) is 0 Å². The molecule has 1 aromatic carbocycles. The van der Waals surface area contributed by atoms with Crippen molar-refractivity contribution in [1.82, 2.24) is 4.98 Å². The molecule has 1 heteroatoms. The first-order chi connectivity index (χ1) is 9.17. The van der Waals surface area contributed by atoms with Crippen LogP contribution in [-0.4, -0.2) is 4.98 Å². The maximum atomic E-state index is 4.07. The molecule has 0 aliphatic carbocycles. The Balaban J connectivity index is 2.52. The van der Waals surface area contributed by atoms with Crippen molar-refractivity contribution in [2.75, 3.05) is 0 Å². The molecule has 0 saturated carbocycles. The molecule has 0 bridgehead atoms. The first-order valence-electron chi connectivity index (χ1n) is 7.10. The number of fused-ring (bicyclic) bond motifs is 1. The zero-order valence-corrected chi connectivity index (χ0v) is 12.2. The second-order valence-electron chi connectivity index (χ2n) is 5.18. The molecule has 1 N–H and O–H groups in total. The fourth-order valence-corrected chi connectivity index (χ4v) is 2.48. The normalized spacial score (nSPS) is 11.5. The summed E-state index contributed by atoms with van der Waals surface area (Å²) < 4.78 is 0. The van der Waals surface area contributed by atoms with Gasteiger partial charge in [-0.15, -0.1) is 0 Å². The van der Waals surface area contributed by atoms with E-state index in [0.29, 0.717) is 0 Å². The Morgan fingerprint density at radius 1 is 1.37 bits per heavy atom. The number of H-pyrrole nitrogens is 1. The molecule has 0 radical (unpaired) electrons. The lowest BCUT2D eigenvalue weighted by molar-refractivity contribution is 0.796. The number of rotatable bonds is 5. The number of unbranched alkanes of at least 4 members (excludes halogenated alkanes) is 1. The van der Waals surface area contributed by atoms with E-state index in [1.807, 2.05) is 0 Å². The smallest absolute Gasteiger partial charge is 0.0488 e. The van der Waals surface area contributed by atoms with E-state index in [1.165, 1.54) is 34.9 Å². The quantitative estimate of drug-likeness (QED) is 0.716. The summed E-state index contributed by atoms with van der Waals surface area (Å²) in [7, 11) is 0. The number of allylic oxidation sites excluding steroid dienone is 2. The highest BCUT2D eigenvalue weighted by Gasteiger charge is 2.09. The maximum Gasteiger partial charge on any atom is 0.0488 e. The highest BCUT2D eigenvalue weighted by molar-refractivity contribution is 5.94. The summed E-state index contributed by atoms with van der Waals surface area (Å²) in [6.45, 7) is 10.4. The summed E-state index contributed by atoms with van der Waals surface area (Å²) >= 11 is 0. The average molecular weight is 253 g/mol. The monoisotopic (exact) mass is 253 g/mol. The van der Waals surface area contributed by atoms with Gasteiger partial charge in [0, 0.05) is 22.2 Å². The standard InChI is InChI=1S/C18H23N/c1-5-7-9-14-10-11-15-16(8-6-2)18(13(3)4)19-17(15)12-14/h6,8,10-12,19H,3,5,7,9H2,1-2,4H3/b8-6-. The SMILES string of the molecule is C=C(C)c1[nH]c2cc(CCCC)ccc2c1/C=C\C. The van der Waals surface area contributed by atoms with Gasteiger partial charge in [0.25, 0.3) is 0 Å². The van der Waals surface area contributed by atoms with Gasteiger partial charge in [-0.2, -0.15) is 0 Å². The van der Waals surface area contributed by atoms with Crippen molar-refractivity contribution in [3.63, 3.8) is 0 Å². The van der Waals surface area contributed by atoms with Gasteiger partial charge in [0.15, 0.2) is 0 Å². The minimum absolute atomic E-state index is 1.08. The van der Waals surface area contributed by atoms with Gasteiger partial charge < -0.3 is 4.98 Å². The summed E-state index contributed by atoms with van der Waals surface area (Å²) in [5, 5.41) is 1.29. The molecule has 19 heavy (non-hydrogen) atoms. The second kappa shape index (κ2) is 5.92. The van der Waals surface area contributed by atoms with Gasteiger partial charge in [0.1, 0.15) is 0 Å². The van der Waals surface area contributed by atoms with Crippen LogP contribution in [0.3, 0.4) is 0 Å². The Kier molecular flexibility index (Phi) is 4.26. The predicted molar refractivity (Wildman–Crippen MR) is 86.3 cm³/mol. The number of aryl methyl sites for hydroxylation is 1. The van der Waals surface area contributed by atoms with E-state index in [4.69, 9.17) is 0 Å². The summed E-state index contributed by atoms with van der Waals surface area (Å²) in [6, 6.07) is 6.77. The van der Waals surface area contributed by atoms with E-state index in [-0.39, 0.29) is 0 Å². The third-order valence-electron chi connectivity index (χ3n) is 3.48. The van der Waals surface area contributed by atoms with E-state index in [9.17, 15) is 0 Å². The van der Waals surface area contributed by atoms with E-state index in [0.717, 1.165) is 17.7 Å². The van der Waals surface area contributed by atoms with E-state index >= 15 is 0 Å². The minimum atomic E-state index is 1.08. The lowest BCUT2D eigenvalue weighted by Gasteiger charge is -2.00. The lowest BCUT2D eigenvalue weighted by atomic mass is 10.0. The number of aromatic nitrogens is 1. The van der Waals surface area contributed by atoms with Crippen LogP contribution in [0.15, 0.2) is 30.9 Å². The molecule has 2 rings (SSSR count). The summed E-state index contributed by atoms with van der Waals surface area (Å²) in [6.07, 6.45) is 7.90. The minimum Gasteiger partial charge on any atom is -0.354 e. The third-order valence-corrected chi connectivity index (χ3v) is 3.48. The van der Waals surface area contributed by atoms with Gasteiger partial charge in [-0.25, -0.2) is 0 Å². The van der Waals surface area contributed by atoms with Gasteiger partial charge in [-0.3, -0.25) is 0 Å².